The summed E-state index contributed by atoms with van der Waals surface area (Å²) in [6.07, 6.45) is 3.60. The summed E-state index contributed by atoms with van der Waals surface area (Å²) in [6.45, 7) is 1.73. The van der Waals surface area contributed by atoms with Crippen LogP contribution in [0.5, 0.6) is 11.5 Å². The number of hydrogen-bond donors (Lipinski definition) is 0. The molecule has 0 spiro atoms. The van der Waals surface area contributed by atoms with Crippen molar-refractivity contribution >= 4 is 16.9 Å². The topological polar surface area (TPSA) is 75.0 Å². The molecule has 0 bridgehead atoms. The number of carbonyl (C=O) groups is 1. The standard InChI is InChI=1S/C18H20O6/c1-3-22-15(19)10-23-17-14(21-2)9-8-12-11-6-4-5-7-13(11)18(20)24-16(12)17/h8-9H,3-7,10H2,1-2H3. The van der Waals surface area contributed by atoms with E-state index in [-0.39, 0.29) is 24.6 Å². The van der Waals surface area contributed by atoms with E-state index in [1.54, 1.807) is 13.0 Å². The molecular formula is C18H20O6. The van der Waals surface area contributed by atoms with Crippen molar-refractivity contribution in [2.45, 2.75) is 32.6 Å². The van der Waals surface area contributed by atoms with E-state index in [1.165, 1.54) is 7.11 Å². The van der Waals surface area contributed by atoms with Crippen molar-refractivity contribution in [1.29, 1.82) is 0 Å². The zero-order chi connectivity index (χ0) is 17.1. The molecule has 0 unspecified atom stereocenters. The minimum Gasteiger partial charge on any atom is -0.493 e. The molecule has 1 aliphatic rings. The second-order valence-electron chi connectivity index (χ2n) is 5.62. The summed E-state index contributed by atoms with van der Waals surface area (Å²) in [5.74, 6) is 0.177. The molecule has 0 saturated carbocycles. The van der Waals surface area contributed by atoms with Gasteiger partial charge in [-0.25, -0.2) is 9.59 Å². The maximum Gasteiger partial charge on any atom is 0.344 e. The molecular weight excluding hydrogens is 312 g/mol. The maximum atomic E-state index is 12.3. The van der Waals surface area contributed by atoms with Crippen LogP contribution in [0.15, 0.2) is 21.3 Å². The van der Waals surface area contributed by atoms with Gasteiger partial charge in [0.1, 0.15) is 0 Å². The second-order valence-corrected chi connectivity index (χ2v) is 5.62. The highest BCUT2D eigenvalue weighted by atomic mass is 16.6. The zero-order valence-corrected chi connectivity index (χ0v) is 13.8. The highest BCUT2D eigenvalue weighted by Gasteiger charge is 2.22. The fourth-order valence-corrected chi connectivity index (χ4v) is 3.10. The fourth-order valence-electron chi connectivity index (χ4n) is 3.10. The lowest BCUT2D eigenvalue weighted by molar-refractivity contribution is -0.145. The molecule has 128 valence electrons. The zero-order valence-electron chi connectivity index (χ0n) is 13.8. The van der Waals surface area contributed by atoms with Gasteiger partial charge in [0.25, 0.3) is 0 Å². The largest absolute Gasteiger partial charge is 0.493 e. The SMILES string of the molecule is CCOC(=O)COc1c(OC)ccc2c3c(c(=O)oc12)CCCC3. The van der Waals surface area contributed by atoms with Gasteiger partial charge in [-0.3, -0.25) is 0 Å². The summed E-state index contributed by atoms with van der Waals surface area (Å²) in [7, 11) is 1.49. The number of esters is 1. The van der Waals surface area contributed by atoms with Gasteiger partial charge in [0.05, 0.1) is 13.7 Å². The van der Waals surface area contributed by atoms with Crippen molar-refractivity contribution in [3.63, 3.8) is 0 Å². The molecule has 2 aromatic rings. The molecule has 0 amide bonds. The van der Waals surface area contributed by atoms with Gasteiger partial charge in [-0.2, -0.15) is 0 Å². The second kappa shape index (κ2) is 6.95. The number of fused-ring (bicyclic) bond motifs is 3. The number of ether oxygens (including phenoxy) is 3. The first-order chi connectivity index (χ1) is 11.7. The van der Waals surface area contributed by atoms with Gasteiger partial charge in [0.2, 0.25) is 5.75 Å². The molecule has 6 heteroatoms. The maximum absolute atomic E-state index is 12.3. The van der Waals surface area contributed by atoms with Crippen molar-refractivity contribution in [3.05, 3.63) is 33.7 Å². The van der Waals surface area contributed by atoms with E-state index in [0.717, 1.165) is 42.2 Å². The predicted octanol–water partition coefficient (Wildman–Crippen LogP) is 2.62. The molecule has 3 rings (SSSR count). The average Bonchev–Trinajstić information content (AvgIpc) is 2.60. The highest BCUT2D eigenvalue weighted by molar-refractivity contribution is 5.89. The average molecular weight is 332 g/mol. The molecule has 0 saturated heterocycles. The molecule has 0 fully saturated rings. The molecule has 0 N–H and O–H groups in total. The molecule has 0 aliphatic heterocycles. The van der Waals surface area contributed by atoms with E-state index in [1.807, 2.05) is 6.07 Å². The summed E-state index contributed by atoms with van der Waals surface area (Å²) >= 11 is 0. The summed E-state index contributed by atoms with van der Waals surface area (Å²) in [4.78, 5) is 23.9. The van der Waals surface area contributed by atoms with Crippen LogP contribution in [-0.2, 0) is 22.4 Å². The van der Waals surface area contributed by atoms with Crippen LogP contribution < -0.4 is 15.1 Å². The first kappa shape index (κ1) is 16.4. The summed E-state index contributed by atoms with van der Waals surface area (Å²) in [6, 6.07) is 3.64. The third-order valence-corrected chi connectivity index (χ3v) is 4.17. The van der Waals surface area contributed by atoms with E-state index in [2.05, 4.69) is 0 Å². The van der Waals surface area contributed by atoms with E-state index >= 15 is 0 Å². The number of carbonyl (C=O) groups excluding carboxylic acids is 1. The van der Waals surface area contributed by atoms with Crippen LogP contribution in [0.3, 0.4) is 0 Å². The molecule has 1 aromatic carbocycles. The summed E-state index contributed by atoms with van der Waals surface area (Å²) in [5.41, 5.74) is 1.74. The quantitative estimate of drug-likeness (QED) is 0.619. The molecule has 6 nitrogen and oxygen atoms in total. The van der Waals surface area contributed by atoms with Crippen LogP contribution in [0, 0.1) is 0 Å². The van der Waals surface area contributed by atoms with Crippen molar-refractivity contribution in [1.82, 2.24) is 0 Å². The Morgan fingerprint density at radius 2 is 1.96 bits per heavy atom. The Kier molecular flexibility index (Phi) is 4.74. The first-order valence-electron chi connectivity index (χ1n) is 8.09. The Labute approximate surface area is 139 Å². The van der Waals surface area contributed by atoms with E-state index in [9.17, 15) is 9.59 Å². The van der Waals surface area contributed by atoms with E-state index in [4.69, 9.17) is 18.6 Å². The van der Waals surface area contributed by atoms with Gasteiger partial charge in [-0.1, -0.05) is 0 Å². The Morgan fingerprint density at radius 3 is 2.67 bits per heavy atom. The van der Waals surface area contributed by atoms with Gasteiger partial charge in [-0.15, -0.1) is 0 Å². The highest BCUT2D eigenvalue weighted by Crippen LogP contribution is 2.38. The summed E-state index contributed by atoms with van der Waals surface area (Å²) < 4.78 is 21.2. The van der Waals surface area contributed by atoms with Crippen molar-refractivity contribution in [3.8, 4) is 11.5 Å². The molecule has 24 heavy (non-hydrogen) atoms. The number of aryl methyl sites for hydroxylation is 1. The van der Waals surface area contributed by atoms with Gasteiger partial charge in [0, 0.05) is 10.9 Å². The van der Waals surface area contributed by atoms with Crippen LogP contribution in [0.25, 0.3) is 11.0 Å². The lowest BCUT2D eigenvalue weighted by Crippen LogP contribution is -2.17. The monoisotopic (exact) mass is 332 g/mol. The molecule has 0 atom stereocenters. The Balaban J connectivity index is 2.10. The minimum atomic E-state index is -0.489. The third kappa shape index (κ3) is 2.96. The Hall–Kier alpha value is -2.50. The summed E-state index contributed by atoms with van der Waals surface area (Å²) in [5, 5.41) is 0.837. The lowest BCUT2D eigenvalue weighted by Gasteiger charge is -2.18. The van der Waals surface area contributed by atoms with Crippen LogP contribution >= 0.6 is 0 Å². The van der Waals surface area contributed by atoms with Gasteiger partial charge in [-0.05, 0) is 50.3 Å². The lowest BCUT2D eigenvalue weighted by atomic mass is 9.90. The van der Waals surface area contributed by atoms with Crippen LogP contribution in [0.1, 0.15) is 30.9 Å². The van der Waals surface area contributed by atoms with Gasteiger partial charge in [0.15, 0.2) is 17.9 Å². The van der Waals surface area contributed by atoms with Gasteiger partial charge >= 0.3 is 11.6 Å². The Morgan fingerprint density at radius 1 is 1.21 bits per heavy atom. The van der Waals surface area contributed by atoms with Gasteiger partial charge < -0.3 is 18.6 Å². The number of hydrogen-bond acceptors (Lipinski definition) is 6. The van der Waals surface area contributed by atoms with Crippen molar-refractivity contribution < 1.29 is 23.4 Å². The number of rotatable bonds is 5. The molecule has 1 heterocycles. The van der Waals surface area contributed by atoms with Crippen molar-refractivity contribution in [2.75, 3.05) is 20.3 Å². The molecule has 1 aliphatic carbocycles. The van der Waals surface area contributed by atoms with Crippen LogP contribution in [0.4, 0.5) is 0 Å². The smallest absolute Gasteiger partial charge is 0.344 e. The van der Waals surface area contributed by atoms with Crippen LogP contribution in [-0.4, -0.2) is 26.3 Å². The Bertz CT molecular complexity index is 820. The minimum absolute atomic E-state index is 0.258. The first-order valence-corrected chi connectivity index (χ1v) is 8.09. The molecule has 1 aromatic heterocycles. The molecule has 0 radical (unpaired) electrons. The number of methoxy groups -OCH3 is 1. The third-order valence-electron chi connectivity index (χ3n) is 4.17. The number of benzene rings is 1. The van der Waals surface area contributed by atoms with E-state index < -0.39 is 5.97 Å². The van der Waals surface area contributed by atoms with Crippen LogP contribution in [0.2, 0.25) is 0 Å². The normalized spacial score (nSPS) is 13.4. The van der Waals surface area contributed by atoms with Crippen molar-refractivity contribution in [2.24, 2.45) is 0 Å². The van der Waals surface area contributed by atoms with E-state index in [0.29, 0.717) is 11.3 Å². The fraction of sp³-hybridized carbons (Fsp3) is 0.444. The predicted molar refractivity (Wildman–Crippen MR) is 87.8 cm³/mol.